The number of amides is 3. The number of urea groups is 1. The number of carbonyl (C=O) groups is 2. The Hall–Kier alpha value is -1.59. The molecule has 2 aliphatic rings. The summed E-state index contributed by atoms with van der Waals surface area (Å²) in [5, 5.41) is 3.49. The van der Waals surface area contributed by atoms with Gasteiger partial charge in [-0.3, -0.25) is 4.79 Å². The maximum absolute atomic E-state index is 12.7. The van der Waals surface area contributed by atoms with E-state index < -0.39 is 6.04 Å². The van der Waals surface area contributed by atoms with Gasteiger partial charge in [-0.15, -0.1) is 0 Å². The van der Waals surface area contributed by atoms with E-state index in [4.69, 9.17) is 16.3 Å². The molecular formula is C16H19ClN2O3. The molecule has 22 heavy (non-hydrogen) atoms. The van der Waals surface area contributed by atoms with Crippen molar-refractivity contribution in [2.24, 2.45) is 5.92 Å². The summed E-state index contributed by atoms with van der Waals surface area (Å²) in [4.78, 5) is 26.2. The van der Waals surface area contributed by atoms with E-state index in [1.165, 1.54) is 4.90 Å². The number of rotatable bonds is 2. The molecule has 6 heteroatoms. The Morgan fingerprint density at radius 3 is 2.36 bits per heavy atom. The molecule has 0 spiro atoms. The highest BCUT2D eigenvalue weighted by molar-refractivity contribution is 6.32. The molecular weight excluding hydrogens is 304 g/mol. The van der Waals surface area contributed by atoms with Crippen LogP contribution >= 0.6 is 11.6 Å². The summed E-state index contributed by atoms with van der Waals surface area (Å²) >= 11 is 6.16. The van der Waals surface area contributed by atoms with Crippen LogP contribution in [0.4, 0.5) is 10.5 Å². The first-order chi connectivity index (χ1) is 10.5. The molecule has 0 saturated carbocycles. The predicted molar refractivity (Wildman–Crippen MR) is 84.3 cm³/mol. The maximum atomic E-state index is 12.7. The number of hydrogen-bond donors (Lipinski definition) is 1. The van der Waals surface area contributed by atoms with E-state index in [2.05, 4.69) is 5.32 Å². The molecule has 1 aromatic rings. The predicted octanol–water partition coefficient (Wildman–Crippen LogP) is 2.81. The van der Waals surface area contributed by atoms with Crippen LogP contribution in [-0.4, -0.2) is 31.2 Å². The molecule has 3 rings (SSSR count). The largest absolute Gasteiger partial charge is 0.381 e. The van der Waals surface area contributed by atoms with Gasteiger partial charge in [-0.2, -0.15) is 0 Å². The third-order valence-corrected chi connectivity index (χ3v) is 4.98. The molecule has 2 heterocycles. The van der Waals surface area contributed by atoms with Gasteiger partial charge in [-0.1, -0.05) is 11.6 Å². The zero-order valence-electron chi connectivity index (χ0n) is 12.7. The van der Waals surface area contributed by atoms with E-state index in [0.717, 1.165) is 24.0 Å². The Labute approximate surface area is 134 Å². The van der Waals surface area contributed by atoms with Crippen LogP contribution in [-0.2, 0) is 9.53 Å². The van der Waals surface area contributed by atoms with Crippen LogP contribution in [0.2, 0.25) is 5.02 Å². The third kappa shape index (κ3) is 2.59. The topological polar surface area (TPSA) is 58.6 Å². The number of carbonyl (C=O) groups excluding carboxylic acids is 2. The number of hydrogen-bond acceptors (Lipinski definition) is 3. The summed E-state index contributed by atoms with van der Waals surface area (Å²) in [6.45, 7) is 5.02. The van der Waals surface area contributed by atoms with Crippen molar-refractivity contribution in [1.82, 2.24) is 5.32 Å². The first-order valence-electron chi connectivity index (χ1n) is 7.48. The average molecular weight is 323 g/mol. The highest BCUT2D eigenvalue weighted by Crippen LogP contribution is 2.31. The van der Waals surface area contributed by atoms with Crippen molar-refractivity contribution < 1.29 is 14.3 Å². The fourth-order valence-corrected chi connectivity index (χ4v) is 3.27. The number of nitrogens with one attached hydrogen (secondary N) is 1. The van der Waals surface area contributed by atoms with Crippen molar-refractivity contribution in [1.29, 1.82) is 0 Å². The van der Waals surface area contributed by atoms with Crippen molar-refractivity contribution in [3.8, 4) is 0 Å². The van der Waals surface area contributed by atoms with Gasteiger partial charge in [-0.05, 0) is 55.9 Å². The summed E-state index contributed by atoms with van der Waals surface area (Å²) in [6.07, 6.45) is 1.59. The first-order valence-corrected chi connectivity index (χ1v) is 7.86. The second kappa shape index (κ2) is 5.89. The van der Waals surface area contributed by atoms with E-state index >= 15 is 0 Å². The van der Waals surface area contributed by atoms with E-state index in [-0.39, 0.29) is 17.9 Å². The van der Waals surface area contributed by atoms with E-state index in [1.807, 2.05) is 13.8 Å². The molecule has 2 saturated heterocycles. The van der Waals surface area contributed by atoms with Crippen LogP contribution in [0, 0.1) is 19.8 Å². The number of ether oxygens (including phenoxy) is 1. The maximum Gasteiger partial charge on any atom is 0.329 e. The molecule has 2 aliphatic heterocycles. The Kier molecular flexibility index (Phi) is 4.10. The van der Waals surface area contributed by atoms with Crippen molar-refractivity contribution in [3.05, 3.63) is 28.3 Å². The van der Waals surface area contributed by atoms with Crippen LogP contribution in [0.15, 0.2) is 12.1 Å². The molecule has 5 nitrogen and oxygen atoms in total. The van der Waals surface area contributed by atoms with Crippen LogP contribution in [0.3, 0.4) is 0 Å². The monoisotopic (exact) mass is 322 g/mol. The van der Waals surface area contributed by atoms with Gasteiger partial charge >= 0.3 is 6.03 Å². The Morgan fingerprint density at radius 2 is 1.77 bits per heavy atom. The molecule has 1 unspecified atom stereocenters. The van der Waals surface area contributed by atoms with E-state index in [1.54, 1.807) is 12.1 Å². The fourth-order valence-electron chi connectivity index (χ4n) is 3.16. The highest BCUT2D eigenvalue weighted by atomic mass is 35.5. The smallest absolute Gasteiger partial charge is 0.329 e. The minimum Gasteiger partial charge on any atom is -0.381 e. The van der Waals surface area contributed by atoms with Crippen molar-refractivity contribution in [3.63, 3.8) is 0 Å². The SMILES string of the molecule is Cc1cc(N2C(=O)NC(C3CCOCC3)C2=O)cc(C)c1Cl. The van der Waals surface area contributed by atoms with Crippen molar-refractivity contribution >= 4 is 29.2 Å². The molecule has 1 aromatic carbocycles. The number of halogens is 1. The lowest BCUT2D eigenvalue weighted by molar-refractivity contribution is -0.120. The van der Waals surface area contributed by atoms with Gasteiger partial charge < -0.3 is 10.1 Å². The second-order valence-corrected chi connectivity index (χ2v) is 6.32. The fraction of sp³-hybridized carbons (Fsp3) is 0.500. The van der Waals surface area contributed by atoms with Crippen LogP contribution in [0.25, 0.3) is 0 Å². The first kappa shape index (κ1) is 15.3. The summed E-state index contributed by atoms with van der Waals surface area (Å²) in [5.74, 6) is -0.0392. The Morgan fingerprint density at radius 1 is 1.18 bits per heavy atom. The summed E-state index contributed by atoms with van der Waals surface area (Å²) in [7, 11) is 0. The molecule has 0 aromatic heterocycles. The molecule has 0 aliphatic carbocycles. The van der Waals surface area contributed by atoms with Gasteiger partial charge in [0.15, 0.2) is 0 Å². The zero-order valence-corrected chi connectivity index (χ0v) is 13.4. The quantitative estimate of drug-likeness (QED) is 0.852. The van der Waals surface area contributed by atoms with E-state index in [9.17, 15) is 9.59 Å². The molecule has 3 amide bonds. The van der Waals surface area contributed by atoms with Crippen molar-refractivity contribution in [2.75, 3.05) is 18.1 Å². The highest BCUT2D eigenvalue weighted by Gasteiger charge is 2.43. The van der Waals surface area contributed by atoms with Gasteiger partial charge in [0, 0.05) is 18.2 Å². The zero-order chi connectivity index (χ0) is 15.9. The van der Waals surface area contributed by atoms with Crippen molar-refractivity contribution in [2.45, 2.75) is 32.7 Å². The lowest BCUT2D eigenvalue weighted by atomic mass is 9.92. The minimum atomic E-state index is -0.451. The van der Waals surface area contributed by atoms with Gasteiger partial charge in [0.1, 0.15) is 6.04 Å². The lowest BCUT2D eigenvalue weighted by Gasteiger charge is -2.25. The third-order valence-electron chi connectivity index (χ3n) is 4.39. The number of nitrogens with zero attached hydrogens (tertiary/aromatic N) is 1. The molecule has 2 fully saturated rings. The number of aryl methyl sites for hydroxylation is 2. The number of benzene rings is 1. The lowest BCUT2D eigenvalue weighted by Crippen LogP contribution is -2.40. The van der Waals surface area contributed by atoms with E-state index in [0.29, 0.717) is 23.9 Å². The summed E-state index contributed by atoms with van der Waals surface area (Å²) < 4.78 is 5.33. The molecule has 118 valence electrons. The summed E-state index contributed by atoms with van der Waals surface area (Å²) in [5.41, 5.74) is 2.29. The second-order valence-electron chi connectivity index (χ2n) is 5.94. The van der Waals surface area contributed by atoms with Crippen LogP contribution in [0.5, 0.6) is 0 Å². The molecule has 1 atom stereocenters. The average Bonchev–Trinajstić information content (AvgIpc) is 2.80. The van der Waals surface area contributed by atoms with Gasteiger partial charge in [0.25, 0.3) is 5.91 Å². The standard InChI is InChI=1S/C16H19ClN2O3/c1-9-7-12(8-10(2)13(9)17)19-15(20)14(18-16(19)21)11-3-5-22-6-4-11/h7-8,11,14H,3-6H2,1-2H3,(H,18,21). The van der Waals surface area contributed by atoms with Crippen LogP contribution in [0.1, 0.15) is 24.0 Å². The Balaban J connectivity index is 1.88. The van der Waals surface area contributed by atoms with Gasteiger partial charge in [-0.25, -0.2) is 9.69 Å². The number of anilines is 1. The minimum absolute atomic E-state index is 0.143. The van der Waals surface area contributed by atoms with Gasteiger partial charge in [0.2, 0.25) is 0 Å². The Bertz CT molecular complexity index is 603. The number of imide groups is 1. The summed E-state index contributed by atoms with van der Waals surface area (Å²) in [6, 6.07) is 2.74. The normalized spacial score (nSPS) is 23.0. The molecule has 0 bridgehead atoms. The molecule has 1 N–H and O–H groups in total. The van der Waals surface area contributed by atoms with Crippen LogP contribution < -0.4 is 10.2 Å². The molecule has 0 radical (unpaired) electrons. The van der Waals surface area contributed by atoms with Gasteiger partial charge in [0.05, 0.1) is 5.69 Å².